The lowest BCUT2D eigenvalue weighted by Crippen LogP contribution is -2.00. The van der Waals surface area contributed by atoms with Gasteiger partial charge in [-0.1, -0.05) is 0 Å². The number of nitrogens with one attached hydrogen (secondary N) is 1. The van der Waals surface area contributed by atoms with E-state index in [1.807, 2.05) is 11.5 Å². The summed E-state index contributed by atoms with van der Waals surface area (Å²) in [6, 6.07) is 3.79. The van der Waals surface area contributed by atoms with Gasteiger partial charge in [-0.15, -0.1) is 0 Å². The number of nitrogens with zero attached hydrogens (tertiary/aromatic N) is 2. The second-order valence-electron chi connectivity index (χ2n) is 3.07. The van der Waals surface area contributed by atoms with Crippen LogP contribution in [0.1, 0.15) is 23.2 Å². The van der Waals surface area contributed by atoms with E-state index in [1.54, 1.807) is 6.07 Å². The third-order valence-corrected chi connectivity index (χ3v) is 2.28. The fraction of sp³-hybridized carbons (Fsp3) is 0.333. The molecule has 2 N–H and O–H groups in total. The average molecular weight is 175 g/mol. The number of pyridine rings is 1. The summed E-state index contributed by atoms with van der Waals surface area (Å²) in [5.41, 5.74) is 4.48. The van der Waals surface area contributed by atoms with Crippen molar-refractivity contribution in [2.75, 3.05) is 5.48 Å². The molecule has 1 aromatic rings. The van der Waals surface area contributed by atoms with Crippen molar-refractivity contribution in [2.45, 2.75) is 19.3 Å². The molecule has 13 heavy (non-hydrogen) atoms. The number of nitriles is 1. The van der Waals surface area contributed by atoms with Crippen molar-refractivity contribution < 1.29 is 5.21 Å². The van der Waals surface area contributed by atoms with Gasteiger partial charge in [0.2, 0.25) is 0 Å². The third kappa shape index (κ3) is 1.23. The maximum atomic E-state index is 8.74. The molecule has 2 rings (SSSR count). The van der Waals surface area contributed by atoms with Crippen LogP contribution in [-0.2, 0) is 12.8 Å². The molecule has 0 unspecified atom stereocenters. The zero-order valence-electron chi connectivity index (χ0n) is 7.04. The van der Waals surface area contributed by atoms with E-state index in [0.717, 1.165) is 30.5 Å². The predicted molar refractivity (Wildman–Crippen MR) is 46.4 cm³/mol. The zero-order valence-corrected chi connectivity index (χ0v) is 7.04. The molecule has 0 bridgehead atoms. The summed E-state index contributed by atoms with van der Waals surface area (Å²) in [6.07, 6.45) is 3.01. The van der Waals surface area contributed by atoms with E-state index in [-0.39, 0.29) is 5.82 Å². The van der Waals surface area contributed by atoms with Crippen LogP contribution in [0.2, 0.25) is 0 Å². The summed E-state index contributed by atoms with van der Waals surface area (Å²) in [4.78, 5) is 4.16. The number of rotatable bonds is 1. The Hall–Kier alpha value is -1.60. The summed E-state index contributed by atoms with van der Waals surface area (Å²) in [6.45, 7) is 0. The molecular weight excluding hydrogens is 166 g/mol. The monoisotopic (exact) mass is 175 g/mol. The van der Waals surface area contributed by atoms with E-state index in [9.17, 15) is 0 Å². The van der Waals surface area contributed by atoms with Crippen LogP contribution in [0.15, 0.2) is 6.07 Å². The fourth-order valence-corrected chi connectivity index (χ4v) is 1.64. The average Bonchev–Trinajstić information content (AvgIpc) is 2.62. The Balaban J connectivity index is 2.55. The van der Waals surface area contributed by atoms with E-state index < -0.39 is 0 Å². The lowest BCUT2D eigenvalue weighted by Gasteiger charge is -2.04. The molecule has 0 aromatic carbocycles. The number of hydrogen-bond acceptors (Lipinski definition) is 4. The first-order valence-corrected chi connectivity index (χ1v) is 4.18. The topological polar surface area (TPSA) is 68.9 Å². The highest BCUT2D eigenvalue weighted by molar-refractivity contribution is 5.53. The first-order chi connectivity index (χ1) is 6.35. The molecule has 4 nitrogen and oxygen atoms in total. The smallest absolute Gasteiger partial charge is 0.167 e. The van der Waals surface area contributed by atoms with Crippen LogP contribution < -0.4 is 5.48 Å². The Kier molecular flexibility index (Phi) is 1.87. The Morgan fingerprint density at radius 2 is 2.38 bits per heavy atom. The Bertz CT molecular complexity index is 381. The lowest BCUT2D eigenvalue weighted by atomic mass is 10.1. The van der Waals surface area contributed by atoms with Crippen molar-refractivity contribution in [2.24, 2.45) is 0 Å². The lowest BCUT2D eigenvalue weighted by molar-refractivity contribution is 0.385. The van der Waals surface area contributed by atoms with Crippen LogP contribution in [0, 0.1) is 11.3 Å². The zero-order chi connectivity index (χ0) is 9.26. The van der Waals surface area contributed by atoms with E-state index in [4.69, 9.17) is 10.5 Å². The minimum absolute atomic E-state index is 0.267. The predicted octanol–water partition coefficient (Wildman–Crippen LogP) is 1.24. The Morgan fingerprint density at radius 1 is 1.54 bits per heavy atom. The van der Waals surface area contributed by atoms with Gasteiger partial charge in [-0.05, 0) is 30.9 Å². The largest absolute Gasteiger partial charge is 0.290 e. The highest BCUT2D eigenvalue weighted by Gasteiger charge is 2.15. The van der Waals surface area contributed by atoms with Gasteiger partial charge in [-0.3, -0.25) is 10.7 Å². The molecule has 0 amide bonds. The van der Waals surface area contributed by atoms with Gasteiger partial charge in [0, 0.05) is 5.69 Å². The number of anilines is 1. The molecule has 0 fully saturated rings. The van der Waals surface area contributed by atoms with Gasteiger partial charge in [0.15, 0.2) is 5.82 Å². The van der Waals surface area contributed by atoms with Crippen LogP contribution >= 0.6 is 0 Å². The molecule has 0 saturated heterocycles. The molecule has 1 aromatic heterocycles. The van der Waals surface area contributed by atoms with Crippen molar-refractivity contribution in [3.05, 3.63) is 22.9 Å². The van der Waals surface area contributed by atoms with Gasteiger partial charge in [-0.2, -0.15) is 5.26 Å². The Labute approximate surface area is 75.8 Å². The fourth-order valence-electron chi connectivity index (χ4n) is 1.64. The first-order valence-electron chi connectivity index (χ1n) is 4.18. The van der Waals surface area contributed by atoms with Crippen LogP contribution in [0.3, 0.4) is 0 Å². The van der Waals surface area contributed by atoms with Crippen LogP contribution in [0.4, 0.5) is 5.82 Å². The van der Waals surface area contributed by atoms with Crippen LogP contribution in [-0.4, -0.2) is 10.2 Å². The van der Waals surface area contributed by atoms with Gasteiger partial charge >= 0.3 is 0 Å². The maximum Gasteiger partial charge on any atom is 0.167 e. The molecule has 1 heterocycles. The quantitative estimate of drug-likeness (QED) is 0.630. The van der Waals surface area contributed by atoms with Gasteiger partial charge < -0.3 is 0 Å². The van der Waals surface area contributed by atoms with E-state index in [0.29, 0.717) is 5.56 Å². The van der Waals surface area contributed by atoms with Crippen molar-refractivity contribution in [3.63, 3.8) is 0 Å². The highest BCUT2D eigenvalue weighted by atomic mass is 16.5. The summed E-state index contributed by atoms with van der Waals surface area (Å²) >= 11 is 0. The molecule has 0 aliphatic heterocycles. The van der Waals surface area contributed by atoms with Gasteiger partial charge in [0.1, 0.15) is 6.07 Å². The SMILES string of the molecule is N#Cc1cc2c(nc1NO)CCC2. The standard InChI is InChI=1S/C9H9N3O/c10-5-7-4-6-2-1-3-8(6)11-9(7)12-13/h4,13H,1-3H2,(H,11,12). The maximum absolute atomic E-state index is 8.74. The second kappa shape index (κ2) is 3.04. The molecule has 0 saturated carbocycles. The molecule has 66 valence electrons. The van der Waals surface area contributed by atoms with Crippen molar-refractivity contribution in [1.29, 1.82) is 5.26 Å². The van der Waals surface area contributed by atoms with E-state index in [2.05, 4.69) is 4.98 Å². The molecule has 0 spiro atoms. The number of hydrogen-bond donors (Lipinski definition) is 2. The van der Waals surface area contributed by atoms with E-state index in [1.165, 1.54) is 0 Å². The van der Waals surface area contributed by atoms with Crippen molar-refractivity contribution in [3.8, 4) is 6.07 Å². The second-order valence-corrected chi connectivity index (χ2v) is 3.07. The van der Waals surface area contributed by atoms with Gasteiger partial charge in [0.05, 0.1) is 5.56 Å². The first kappa shape index (κ1) is 8.02. The summed E-state index contributed by atoms with van der Waals surface area (Å²) in [7, 11) is 0. The number of aromatic nitrogens is 1. The highest BCUT2D eigenvalue weighted by Crippen LogP contribution is 2.24. The minimum Gasteiger partial charge on any atom is -0.290 e. The van der Waals surface area contributed by atoms with Crippen molar-refractivity contribution in [1.82, 2.24) is 4.98 Å². The number of aryl methyl sites for hydroxylation is 2. The molecule has 4 heteroatoms. The summed E-state index contributed by atoms with van der Waals surface area (Å²) < 4.78 is 0. The third-order valence-electron chi connectivity index (χ3n) is 2.28. The van der Waals surface area contributed by atoms with Gasteiger partial charge in [0.25, 0.3) is 0 Å². The van der Waals surface area contributed by atoms with E-state index >= 15 is 0 Å². The Morgan fingerprint density at radius 3 is 3.08 bits per heavy atom. The van der Waals surface area contributed by atoms with Crippen molar-refractivity contribution >= 4 is 5.82 Å². The summed E-state index contributed by atoms with van der Waals surface area (Å²) in [5, 5.41) is 17.5. The molecular formula is C9H9N3O. The molecule has 0 atom stereocenters. The van der Waals surface area contributed by atoms with Crippen LogP contribution in [0.25, 0.3) is 0 Å². The summed E-state index contributed by atoms with van der Waals surface area (Å²) in [5.74, 6) is 0.267. The molecule has 1 aliphatic carbocycles. The van der Waals surface area contributed by atoms with Crippen LogP contribution in [0.5, 0.6) is 0 Å². The molecule has 0 radical (unpaired) electrons. The molecule has 1 aliphatic rings. The minimum atomic E-state index is 0.267. The number of fused-ring (bicyclic) bond motifs is 1. The normalized spacial score (nSPS) is 13.5. The van der Waals surface area contributed by atoms with Gasteiger partial charge in [-0.25, -0.2) is 4.98 Å².